The van der Waals surface area contributed by atoms with Crippen molar-refractivity contribution in [2.75, 3.05) is 11.5 Å². The van der Waals surface area contributed by atoms with Gasteiger partial charge in [-0.15, -0.1) is 0 Å². The van der Waals surface area contributed by atoms with E-state index in [0.717, 1.165) is 37.1 Å². The molecule has 174 valence electrons. The molecule has 0 aromatic heterocycles. The van der Waals surface area contributed by atoms with Crippen molar-refractivity contribution in [3.63, 3.8) is 0 Å². The number of nitrogens with zero attached hydrogens (tertiary/aromatic N) is 1. The fourth-order valence-corrected chi connectivity index (χ4v) is 5.69. The summed E-state index contributed by atoms with van der Waals surface area (Å²) in [5.74, 6) is 0.762. The first-order chi connectivity index (χ1) is 16.5. The molecule has 3 aromatic rings. The minimum atomic E-state index is -1.09. The Hall–Kier alpha value is -2.41. The van der Waals surface area contributed by atoms with E-state index in [9.17, 15) is 4.79 Å². The number of benzene rings is 3. The van der Waals surface area contributed by atoms with E-state index in [1.54, 1.807) is 0 Å². The summed E-state index contributed by atoms with van der Waals surface area (Å²) in [5, 5.41) is 0. The number of para-hydroxylation sites is 1. The average molecular weight is 583 g/mol. The van der Waals surface area contributed by atoms with Crippen LogP contribution in [0, 0.1) is 0 Å². The Morgan fingerprint density at radius 3 is 2.56 bits per heavy atom. The van der Waals surface area contributed by atoms with Crippen LogP contribution in [-0.4, -0.2) is 18.6 Å². The molecule has 0 saturated heterocycles. The summed E-state index contributed by atoms with van der Waals surface area (Å²) in [7, 11) is 0. The summed E-state index contributed by atoms with van der Waals surface area (Å²) < 4.78 is 14.7. The van der Waals surface area contributed by atoms with Gasteiger partial charge in [0.15, 0.2) is 5.60 Å². The Morgan fingerprint density at radius 2 is 1.79 bits per heavy atom. The molecule has 34 heavy (non-hydrogen) atoms. The van der Waals surface area contributed by atoms with Crippen molar-refractivity contribution < 1.29 is 14.3 Å². The van der Waals surface area contributed by atoms with E-state index in [4.69, 9.17) is 9.47 Å². The summed E-state index contributed by atoms with van der Waals surface area (Å²) in [6, 6.07) is 23.8. The van der Waals surface area contributed by atoms with Gasteiger partial charge < -0.3 is 14.4 Å². The van der Waals surface area contributed by atoms with Crippen LogP contribution < -0.4 is 9.64 Å². The number of anilines is 1. The van der Waals surface area contributed by atoms with Crippen molar-refractivity contribution >= 4 is 43.5 Å². The highest BCUT2D eigenvalue weighted by Crippen LogP contribution is 2.51. The Morgan fingerprint density at radius 1 is 1.03 bits per heavy atom. The van der Waals surface area contributed by atoms with Gasteiger partial charge in [-0.1, -0.05) is 79.9 Å². The van der Waals surface area contributed by atoms with Gasteiger partial charge in [-0.05, 0) is 55.3 Å². The lowest BCUT2D eigenvalue weighted by Crippen LogP contribution is -2.45. The lowest BCUT2D eigenvalue weighted by atomic mass is 9.88. The molecule has 0 fully saturated rings. The maximum absolute atomic E-state index is 14.2. The minimum absolute atomic E-state index is 0.0309. The van der Waals surface area contributed by atoms with Gasteiger partial charge in [0.1, 0.15) is 12.4 Å². The largest absolute Gasteiger partial charge is 0.491 e. The topological polar surface area (TPSA) is 38.8 Å². The normalized spacial score (nSPS) is 21.9. The van der Waals surface area contributed by atoms with Crippen LogP contribution in [0.5, 0.6) is 5.75 Å². The summed E-state index contributed by atoms with van der Waals surface area (Å²) >= 11 is 7.22. The number of rotatable bonds is 5. The molecule has 4 nitrogen and oxygen atoms in total. The number of hydrogen-bond donors (Lipinski definition) is 0. The minimum Gasteiger partial charge on any atom is -0.491 e. The first kappa shape index (κ1) is 23.3. The molecule has 0 saturated carbocycles. The molecule has 0 aliphatic carbocycles. The third kappa shape index (κ3) is 4.47. The molecule has 2 heterocycles. The van der Waals surface area contributed by atoms with Crippen molar-refractivity contribution in [1.29, 1.82) is 0 Å². The van der Waals surface area contributed by atoms with Gasteiger partial charge in [0.25, 0.3) is 5.91 Å². The predicted octanol–water partition coefficient (Wildman–Crippen LogP) is 7.16. The highest BCUT2D eigenvalue weighted by Gasteiger charge is 2.54. The number of hydrogen-bond acceptors (Lipinski definition) is 3. The van der Waals surface area contributed by atoms with Crippen LogP contribution in [0.4, 0.5) is 5.69 Å². The smallest absolute Gasteiger partial charge is 0.264 e. The van der Waals surface area contributed by atoms with Crippen LogP contribution in [0.25, 0.3) is 0 Å². The van der Waals surface area contributed by atoms with Crippen molar-refractivity contribution in [2.24, 2.45) is 0 Å². The number of ether oxygens (including phenoxy) is 2. The molecule has 6 heteroatoms. The summed E-state index contributed by atoms with van der Waals surface area (Å²) in [6.07, 6.45) is 3.13. The maximum Gasteiger partial charge on any atom is 0.264 e. The zero-order valence-electron chi connectivity index (χ0n) is 18.8. The van der Waals surface area contributed by atoms with E-state index in [2.05, 4.69) is 44.9 Å². The lowest BCUT2D eigenvalue weighted by Gasteiger charge is -2.32. The Labute approximate surface area is 216 Å². The lowest BCUT2D eigenvalue weighted by molar-refractivity contribution is -0.154. The molecule has 1 spiro atoms. The van der Waals surface area contributed by atoms with Crippen LogP contribution >= 0.6 is 31.9 Å². The summed E-state index contributed by atoms with van der Waals surface area (Å²) in [4.78, 5) is 16.0. The quantitative estimate of drug-likeness (QED) is 0.300. The zero-order valence-corrected chi connectivity index (χ0v) is 22.0. The van der Waals surface area contributed by atoms with Crippen molar-refractivity contribution in [2.45, 2.75) is 38.0 Å². The van der Waals surface area contributed by atoms with Gasteiger partial charge in [0, 0.05) is 20.9 Å². The fraction of sp³-hybridized carbons (Fsp3) is 0.250. The van der Waals surface area contributed by atoms with Gasteiger partial charge in [0.2, 0.25) is 0 Å². The van der Waals surface area contributed by atoms with Gasteiger partial charge in [-0.3, -0.25) is 4.79 Å². The van der Waals surface area contributed by atoms with Crippen LogP contribution in [0.15, 0.2) is 93.4 Å². The molecular formula is C28H25Br2NO3. The van der Waals surface area contributed by atoms with Gasteiger partial charge in [0.05, 0.1) is 18.3 Å². The van der Waals surface area contributed by atoms with E-state index >= 15 is 0 Å². The van der Waals surface area contributed by atoms with E-state index in [1.165, 1.54) is 0 Å². The van der Waals surface area contributed by atoms with Crippen LogP contribution in [0.3, 0.4) is 0 Å². The van der Waals surface area contributed by atoms with Gasteiger partial charge in [-0.25, -0.2) is 0 Å². The van der Waals surface area contributed by atoms with Crippen molar-refractivity contribution in [1.82, 2.24) is 0 Å². The highest BCUT2D eigenvalue weighted by atomic mass is 79.9. The van der Waals surface area contributed by atoms with Crippen molar-refractivity contribution in [3.8, 4) is 5.75 Å². The highest BCUT2D eigenvalue weighted by molar-refractivity contribution is 9.10. The van der Waals surface area contributed by atoms with E-state index < -0.39 is 5.60 Å². The third-order valence-corrected chi connectivity index (χ3v) is 7.52. The number of amides is 1. The second-order valence-corrected chi connectivity index (χ2v) is 10.6. The van der Waals surface area contributed by atoms with Crippen molar-refractivity contribution in [3.05, 3.63) is 105 Å². The Bertz CT molecular complexity index is 1230. The molecule has 0 radical (unpaired) electrons. The molecule has 2 aliphatic rings. The Kier molecular flexibility index (Phi) is 6.65. The van der Waals surface area contributed by atoms with E-state index in [1.807, 2.05) is 77.7 Å². The van der Waals surface area contributed by atoms with Crippen LogP contribution in [0.1, 0.15) is 30.9 Å². The number of halogens is 2. The second-order valence-electron chi connectivity index (χ2n) is 8.81. The number of fused-ring (bicyclic) bond motifs is 2. The molecule has 0 bridgehead atoms. The number of carbonyl (C=O) groups excluding carboxylic acids is 1. The molecular weight excluding hydrogens is 558 g/mol. The van der Waals surface area contributed by atoms with Gasteiger partial charge in [-0.2, -0.15) is 0 Å². The van der Waals surface area contributed by atoms with Gasteiger partial charge >= 0.3 is 0 Å². The molecule has 3 aromatic carbocycles. The molecule has 2 atom stereocenters. The monoisotopic (exact) mass is 581 g/mol. The average Bonchev–Trinajstić information content (AvgIpc) is 2.95. The van der Waals surface area contributed by atoms with Crippen LogP contribution in [0.2, 0.25) is 0 Å². The summed E-state index contributed by atoms with van der Waals surface area (Å²) in [5.41, 5.74) is 2.90. The molecule has 0 N–H and O–H groups in total. The zero-order chi connectivity index (χ0) is 23.7. The fourth-order valence-electron chi connectivity index (χ4n) is 4.75. The summed E-state index contributed by atoms with van der Waals surface area (Å²) in [6.45, 7) is 2.93. The standard InChI is InChI=1S/C28H25Br2NO3/c1-19-10-15-23(18-33-22-6-3-2-4-7-22)34-28(16-19)26-24(30)8-5-9-25(26)31(27(28)32)17-20-11-13-21(29)14-12-20/h2-14,23H,15-18H2,1H3/t23-,28+/m0/s1. The second kappa shape index (κ2) is 9.68. The molecule has 1 amide bonds. The van der Waals surface area contributed by atoms with E-state index in [-0.39, 0.29) is 12.0 Å². The first-order valence-electron chi connectivity index (χ1n) is 11.3. The predicted molar refractivity (Wildman–Crippen MR) is 141 cm³/mol. The molecule has 2 aliphatic heterocycles. The van der Waals surface area contributed by atoms with Crippen LogP contribution in [-0.2, 0) is 21.7 Å². The molecule has 0 unspecified atom stereocenters. The third-order valence-electron chi connectivity index (χ3n) is 6.33. The SMILES string of the molecule is CC1=CC[C@@H](COc2ccccc2)O[C@@]2(C1)C(=O)N(Cc1ccc(Br)cc1)c1cccc(Br)c12. The number of carbonyl (C=O) groups is 1. The maximum atomic E-state index is 14.2. The Balaban J connectivity index is 1.50. The first-order valence-corrected chi connectivity index (χ1v) is 12.9. The van der Waals surface area contributed by atoms with E-state index in [0.29, 0.717) is 26.0 Å². The molecule has 5 rings (SSSR count).